The molecule has 0 saturated carbocycles. The van der Waals surface area contributed by atoms with Gasteiger partial charge in [-0.2, -0.15) is 0 Å². The summed E-state index contributed by atoms with van der Waals surface area (Å²) in [5.41, 5.74) is 1.53. The molecule has 2 saturated heterocycles. The summed E-state index contributed by atoms with van der Waals surface area (Å²) in [6.07, 6.45) is 5.35. The highest BCUT2D eigenvalue weighted by Gasteiger charge is 2.56. The molecule has 2 aliphatic heterocycles. The highest BCUT2D eigenvalue weighted by Crippen LogP contribution is 2.44. The first-order valence-corrected chi connectivity index (χ1v) is 12.4. The number of methoxy groups -OCH3 is 1. The van der Waals surface area contributed by atoms with Crippen molar-refractivity contribution in [1.82, 2.24) is 24.4 Å². The molecule has 4 atom stereocenters. The molecule has 0 spiro atoms. The van der Waals surface area contributed by atoms with Gasteiger partial charge in [0.25, 0.3) is 0 Å². The van der Waals surface area contributed by atoms with E-state index < -0.39 is 12.0 Å². The van der Waals surface area contributed by atoms with Crippen molar-refractivity contribution in [3.63, 3.8) is 0 Å². The van der Waals surface area contributed by atoms with E-state index in [0.29, 0.717) is 23.0 Å². The summed E-state index contributed by atoms with van der Waals surface area (Å²) in [7, 11) is 5.44. The molecule has 1 aromatic carbocycles. The number of hydrogen-bond acceptors (Lipinski definition) is 9. The van der Waals surface area contributed by atoms with Gasteiger partial charge in [-0.15, -0.1) is 0 Å². The van der Waals surface area contributed by atoms with Crippen LogP contribution in [0.25, 0.3) is 21.9 Å². The number of aliphatic imine (C=N–C) groups is 1. The lowest BCUT2D eigenvalue weighted by Gasteiger charge is -2.25. The van der Waals surface area contributed by atoms with Gasteiger partial charge in [-0.05, 0) is 38.1 Å². The summed E-state index contributed by atoms with van der Waals surface area (Å²) in [4.78, 5) is 19.7. The van der Waals surface area contributed by atoms with Crippen molar-refractivity contribution in [1.29, 1.82) is 0 Å². The predicted octanol–water partition coefficient (Wildman–Crippen LogP) is 3.71. The Morgan fingerprint density at radius 2 is 1.92 bits per heavy atom. The van der Waals surface area contributed by atoms with E-state index >= 15 is 0 Å². The van der Waals surface area contributed by atoms with Gasteiger partial charge in [-0.3, -0.25) is 4.98 Å². The molecule has 3 aromatic heterocycles. The van der Waals surface area contributed by atoms with Gasteiger partial charge in [0.05, 0.1) is 30.5 Å². The van der Waals surface area contributed by atoms with Gasteiger partial charge >= 0.3 is 0 Å². The van der Waals surface area contributed by atoms with Crippen LogP contribution in [0.1, 0.15) is 20.1 Å². The minimum absolute atomic E-state index is 0.283. The topological polar surface area (TPSA) is 105 Å². The molecule has 198 valence electrons. The number of hydrogen-bond donors (Lipinski definition) is 0. The molecule has 11 nitrogen and oxygen atoms in total. The van der Waals surface area contributed by atoms with Crippen molar-refractivity contribution < 1.29 is 23.7 Å². The number of fused-ring (bicyclic) bond motifs is 3. The SMILES string of the molecule is COc1cnc2cc(OC[C@H]3O[C@@H](n4ccc5c(/N=C/N(C)C)ncnc54)[C@@H]4OC(C)(C)O[C@@H]43)ccc2c1. The molecule has 0 aliphatic carbocycles. The van der Waals surface area contributed by atoms with E-state index in [4.69, 9.17) is 23.7 Å². The zero-order valence-corrected chi connectivity index (χ0v) is 21.9. The van der Waals surface area contributed by atoms with Crippen LogP contribution in [0.5, 0.6) is 11.5 Å². The van der Waals surface area contributed by atoms with Crippen LogP contribution in [0.15, 0.2) is 54.0 Å². The molecule has 4 aromatic rings. The molecule has 0 unspecified atom stereocenters. The second-order valence-electron chi connectivity index (χ2n) is 10.0. The first-order chi connectivity index (χ1) is 18.3. The summed E-state index contributed by atoms with van der Waals surface area (Å²) >= 11 is 0. The number of ether oxygens (including phenoxy) is 5. The fraction of sp³-hybridized carbons (Fsp3) is 0.407. The average molecular weight is 519 g/mol. The maximum absolute atomic E-state index is 6.50. The van der Waals surface area contributed by atoms with Crippen LogP contribution >= 0.6 is 0 Å². The number of nitrogens with zero attached hydrogens (tertiary/aromatic N) is 6. The van der Waals surface area contributed by atoms with Gasteiger partial charge < -0.3 is 33.2 Å². The molecule has 38 heavy (non-hydrogen) atoms. The lowest BCUT2D eigenvalue weighted by Crippen LogP contribution is -2.33. The van der Waals surface area contributed by atoms with E-state index in [1.54, 1.807) is 19.6 Å². The van der Waals surface area contributed by atoms with Crippen molar-refractivity contribution >= 4 is 34.1 Å². The number of benzene rings is 1. The predicted molar refractivity (Wildman–Crippen MR) is 141 cm³/mol. The van der Waals surface area contributed by atoms with Crippen molar-refractivity contribution in [2.45, 2.75) is 44.2 Å². The summed E-state index contributed by atoms with van der Waals surface area (Å²) in [5.74, 6) is 1.24. The van der Waals surface area contributed by atoms with Gasteiger partial charge in [0.15, 0.2) is 17.8 Å². The third-order valence-electron chi connectivity index (χ3n) is 6.58. The molecule has 0 amide bonds. The van der Waals surface area contributed by atoms with Crippen molar-refractivity contribution in [3.8, 4) is 11.5 Å². The van der Waals surface area contributed by atoms with E-state index in [1.165, 1.54) is 6.33 Å². The van der Waals surface area contributed by atoms with Crippen LogP contribution < -0.4 is 9.47 Å². The van der Waals surface area contributed by atoms with Gasteiger partial charge in [0.2, 0.25) is 0 Å². The van der Waals surface area contributed by atoms with Gasteiger partial charge in [0.1, 0.15) is 48.4 Å². The fourth-order valence-corrected chi connectivity index (χ4v) is 4.91. The van der Waals surface area contributed by atoms with E-state index in [1.807, 2.05) is 73.9 Å². The third-order valence-corrected chi connectivity index (χ3v) is 6.58. The van der Waals surface area contributed by atoms with E-state index in [9.17, 15) is 0 Å². The first-order valence-electron chi connectivity index (χ1n) is 12.4. The molecule has 0 N–H and O–H groups in total. The lowest BCUT2D eigenvalue weighted by molar-refractivity contribution is -0.198. The Morgan fingerprint density at radius 1 is 1.08 bits per heavy atom. The Balaban J connectivity index is 1.25. The molecule has 11 heteroatoms. The quantitative estimate of drug-likeness (QED) is 0.267. The highest BCUT2D eigenvalue weighted by atomic mass is 16.8. The fourth-order valence-electron chi connectivity index (χ4n) is 4.91. The molecule has 0 radical (unpaired) electrons. The monoisotopic (exact) mass is 518 g/mol. The third kappa shape index (κ3) is 4.53. The van der Waals surface area contributed by atoms with Crippen LogP contribution in [-0.2, 0) is 14.2 Å². The van der Waals surface area contributed by atoms with Crippen molar-refractivity contribution in [2.24, 2.45) is 4.99 Å². The minimum atomic E-state index is -0.749. The second kappa shape index (κ2) is 9.50. The van der Waals surface area contributed by atoms with E-state index in [2.05, 4.69) is 19.9 Å². The minimum Gasteiger partial charge on any atom is -0.495 e. The largest absolute Gasteiger partial charge is 0.495 e. The van der Waals surface area contributed by atoms with Crippen molar-refractivity contribution in [3.05, 3.63) is 49.1 Å². The molecule has 2 aliphatic rings. The molecular weight excluding hydrogens is 488 g/mol. The average Bonchev–Trinajstić information content (AvgIpc) is 3.56. The molecule has 5 heterocycles. The Morgan fingerprint density at radius 3 is 2.74 bits per heavy atom. The summed E-state index contributed by atoms with van der Waals surface area (Å²) in [5, 5.41) is 1.79. The smallest absolute Gasteiger partial charge is 0.166 e. The molecule has 6 rings (SSSR count). The number of rotatable bonds is 7. The maximum Gasteiger partial charge on any atom is 0.166 e. The van der Waals surface area contributed by atoms with Crippen LogP contribution in [0, 0.1) is 0 Å². The van der Waals surface area contributed by atoms with Crippen LogP contribution in [-0.4, -0.2) is 82.7 Å². The Hall–Kier alpha value is -3.80. The standard InChI is InChI=1S/C27H30N6O5/c1-27(2)37-22-21(13-35-17-7-6-16-10-18(34-5)12-28-20(16)11-17)36-26(23(22)38-27)33-9-8-19-24(31-15-32(3)4)29-14-30-25(19)33/h6-12,14-15,21-23,26H,13H2,1-5H3/b31-15+/t21-,22-,23-,26-/m1/s1. The summed E-state index contributed by atoms with van der Waals surface area (Å²) < 4.78 is 32.5. The van der Waals surface area contributed by atoms with E-state index in [-0.39, 0.29) is 24.9 Å². The number of aromatic nitrogens is 4. The second-order valence-corrected chi connectivity index (χ2v) is 10.0. The Kier molecular flexibility index (Phi) is 6.13. The normalized spacial score (nSPS) is 24.3. The maximum atomic E-state index is 6.50. The molecular formula is C27H30N6O5. The summed E-state index contributed by atoms with van der Waals surface area (Å²) in [6, 6.07) is 9.66. The van der Waals surface area contributed by atoms with Crippen LogP contribution in [0.4, 0.5) is 5.82 Å². The zero-order chi connectivity index (χ0) is 26.4. The van der Waals surface area contributed by atoms with Gasteiger partial charge in [-0.25, -0.2) is 15.0 Å². The zero-order valence-electron chi connectivity index (χ0n) is 21.9. The van der Waals surface area contributed by atoms with Gasteiger partial charge in [-0.1, -0.05) is 0 Å². The van der Waals surface area contributed by atoms with E-state index in [0.717, 1.165) is 16.3 Å². The highest BCUT2D eigenvalue weighted by molar-refractivity contribution is 5.87. The van der Waals surface area contributed by atoms with Crippen LogP contribution in [0.3, 0.4) is 0 Å². The van der Waals surface area contributed by atoms with Crippen LogP contribution in [0.2, 0.25) is 0 Å². The summed E-state index contributed by atoms with van der Waals surface area (Å²) in [6.45, 7) is 4.10. The lowest BCUT2D eigenvalue weighted by atomic mass is 10.1. The Bertz CT molecular complexity index is 1500. The molecule has 0 bridgehead atoms. The number of pyridine rings is 1. The Labute approximate surface area is 220 Å². The first kappa shape index (κ1) is 24.5. The molecule has 2 fully saturated rings. The van der Waals surface area contributed by atoms with Crippen molar-refractivity contribution in [2.75, 3.05) is 27.8 Å². The van der Waals surface area contributed by atoms with Gasteiger partial charge in [0, 0.05) is 31.7 Å².